The Morgan fingerprint density at radius 2 is 2.00 bits per heavy atom. The molecule has 2 unspecified atom stereocenters. The molecule has 0 fully saturated rings. The minimum absolute atomic E-state index is 0.0450. The van der Waals surface area contributed by atoms with Gasteiger partial charge in [-0.15, -0.1) is 0 Å². The van der Waals surface area contributed by atoms with Crippen molar-refractivity contribution in [3.8, 4) is 6.07 Å². The van der Waals surface area contributed by atoms with Gasteiger partial charge in [-0.3, -0.25) is 0 Å². The Morgan fingerprint density at radius 1 is 1.37 bits per heavy atom. The smallest absolute Gasteiger partial charge is 0.396 e. The van der Waals surface area contributed by atoms with Crippen LogP contribution in [0.4, 0.5) is 18.9 Å². The van der Waals surface area contributed by atoms with Crippen molar-refractivity contribution in [2.24, 2.45) is 5.92 Å². The van der Waals surface area contributed by atoms with Gasteiger partial charge in [-0.05, 0) is 31.0 Å². The second kappa shape index (κ2) is 5.93. The summed E-state index contributed by atoms with van der Waals surface area (Å²) in [4.78, 5) is 0. The highest BCUT2D eigenvalue weighted by Gasteiger charge is 2.31. The number of halogens is 3. The van der Waals surface area contributed by atoms with E-state index in [-0.39, 0.29) is 24.1 Å². The Bertz CT molecular complexity index is 480. The third kappa shape index (κ3) is 3.86. The second-order valence-electron chi connectivity index (χ2n) is 4.46. The Morgan fingerprint density at radius 3 is 2.47 bits per heavy atom. The molecule has 6 heteroatoms. The van der Waals surface area contributed by atoms with E-state index < -0.39 is 11.7 Å². The molecule has 0 saturated heterocycles. The van der Waals surface area contributed by atoms with Gasteiger partial charge < -0.3 is 10.4 Å². The summed E-state index contributed by atoms with van der Waals surface area (Å²) >= 11 is 0. The number of aliphatic hydroxyl groups is 1. The largest absolute Gasteiger partial charge is 0.416 e. The summed E-state index contributed by atoms with van der Waals surface area (Å²) in [5, 5.41) is 20.9. The van der Waals surface area contributed by atoms with E-state index in [0.717, 1.165) is 12.1 Å². The van der Waals surface area contributed by atoms with Gasteiger partial charge in [0.2, 0.25) is 0 Å². The number of hydrogen-bond acceptors (Lipinski definition) is 3. The fourth-order valence-electron chi connectivity index (χ4n) is 1.48. The average Bonchev–Trinajstić information content (AvgIpc) is 2.36. The Hall–Kier alpha value is -1.74. The number of alkyl halides is 3. The summed E-state index contributed by atoms with van der Waals surface area (Å²) in [5.74, 6) is -0.0752. The number of aliphatic hydroxyl groups excluding tert-OH is 1. The molecule has 0 aromatic heterocycles. The highest BCUT2D eigenvalue weighted by Crippen LogP contribution is 2.32. The Balaban J connectivity index is 3.01. The lowest BCUT2D eigenvalue weighted by atomic mass is 10.0. The third-order valence-electron chi connectivity index (χ3n) is 2.99. The van der Waals surface area contributed by atoms with Gasteiger partial charge in [0.25, 0.3) is 0 Å². The number of hydrogen-bond donors (Lipinski definition) is 2. The molecule has 19 heavy (non-hydrogen) atoms. The molecule has 0 radical (unpaired) electrons. The van der Waals surface area contributed by atoms with Gasteiger partial charge in [0.1, 0.15) is 6.07 Å². The number of anilines is 1. The molecule has 0 spiro atoms. The summed E-state index contributed by atoms with van der Waals surface area (Å²) in [6, 6.07) is 4.57. The summed E-state index contributed by atoms with van der Waals surface area (Å²) in [7, 11) is 0. The first kappa shape index (κ1) is 15.3. The van der Waals surface area contributed by atoms with Crippen LogP contribution in [-0.2, 0) is 6.18 Å². The number of rotatable bonds is 4. The van der Waals surface area contributed by atoms with E-state index in [9.17, 15) is 13.2 Å². The predicted molar refractivity (Wildman–Crippen MR) is 65.5 cm³/mol. The molecule has 0 saturated carbocycles. The molecule has 1 rings (SSSR count). The van der Waals surface area contributed by atoms with E-state index in [1.807, 2.05) is 0 Å². The maximum Gasteiger partial charge on any atom is 0.416 e. The first-order chi connectivity index (χ1) is 8.79. The highest BCUT2D eigenvalue weighted by molar-refractivity contribution is 5.59. The molecule has 0 amide bonds. The van der Waals surface area contributed by atoms with E-state index >= 15 is 0 Å². The van der Waals surface area contributed by atoms with E-state index in [2.05, 4.69) is 5.32 Å². The Labute approximate surface area is 109 Å². The maximum absolute atomic E-state index is 12.5. The molecule has 0 heterocycles. The minimum Gasteiger partial charge on any atom is -0.396 e. The first-order valence-corrected chi connectivity index (χ1v) is 5.78. The van der Waals surface area contributed by atoms with E-state index in [1.165, 1.54) is 6.07 Å². The monoisotopic (exact) mass is 272 g/mol. The second-order valence-corrected chi connectivity index (χ2v) is 4.46. The molecule has 0 aliphatic carbocycles. The van der Waals surface area contributed by atoms with E-state index in [0.29, 0.717) is 5.69 Å². The Kier molecular flexibility index (Phi) is 4.78. The molecular formula is C13H15F3N2O. The van der Waals surface area contributed by atoms with E-state index in [4.69, 9.17) is 10.4 Å². The summed E-state index contributed by atoms with van der Waals surface area (Å²) in [6.07, 6.45) is -4.46. The topological polar surface area (TPSA) is 56.0 Å². The summed E-state index contributed by atoms with van der Waals surface area (Å²) in [5.41, 5.74) is -0.576. The zero-order valence-corrected chi connectivity index (χ0v) is 10.6. The van der Waals surface area contributed by atoms with Gasteiger partial charge in [0.15, 0.2) is 0 Å². The lowest BCUT2D eigenvalue weighted by molar-refractivity contribution is -0.137. The van der Waals surface area contributed by atoms with Crippen LogP contribution in [-0.4, -0.2) is 17.8 Å². The van der Waals surface area contributed by atoms with Crippen LogP contribution >= 0.6 is 0 Å². The van der Waals surface area contributed by atoms with Crippen LogP contribution in [0.3, 0.4) is 0 Å². The standard InChI is InChI=1S/C13H15F3N2O/c1-8(7-19)9(2)18-12-4-3-11(13(14,15)16)5-10(12)6-17/h3-5,8-9,18-19H,7H2,1-2H3. The van der Waals surface area contributed by atoms with Gasteiger partial charge in [-0.2, -0.15) is 18.4 Å². The van der Waals surface area contributed by atoms with Crippen LogP contribution in [0, 0.1) is 17.2 Å². The van der Waals surface area contributed by atoms with E-state index in [1.54, 1.807) is 19.9 Å². The molecule has 2 atom stereocenters. The van der Waals surface area contributed by atoms with Crippen LogP contribution in [0.25, 0.3) is 0 Å². The van der Waals surface area contributed by atoms with Crippen molar-refractivity contribution in [2.75, 3.05) is 11.9 Å². The molecule has 3 nitrogen and oxygen atoms in total. The highest BCUT2D eigenvalue weighted by atomic mass is 19.4. The fourth-order valence-corrected chi connectivity index (χ4v) is 1.48. The van der Waals surface area contributed by atoms with Gasteiger partial charge in [-0.25, -0.2) is 0 Å². The van der Waals surface area contributed by atoms with Crippen LogP contribution in [0.15, 0.2) is 18.2 Å². The summed E-state index contributed by atoms with van der Waals surface area (Å²) < 4.78 is 37.6. The lowest BCUT2D eigenvalue weighted by Crippen LogP contribution is -2.26. The quantitative estimate of drug-likeness (QED) is 0.885. The van der Waals surface area contributed by atoms with Gasteiger partial charge in [-0.1, -0.05) is 6.92 Å². The van der Waals surface area contributed by atoms with Crippen molar-refractivity contribution in [1.29, 1.82) is 5.26 Å². The molecule has 1 aromatic carbocycles. The van der Waals surface area contributed by atoms with Crippen molar-refractivity contribution in [2.45, 2.75) is 26.1 Å². The molecular weight excluding hydrogens is 257 g/mol. The summed E-state index contributed by atoms with van der Waals surface area (Å²) in [6.45, 7) is 3.55. The molecule has 0 bridgehead atoms. The fraction of sp³-hybridized carbons (Fsp3) is 0.462. The molecule has 1 aromatic rings. The van der Waals surface area contributed by atoms with Crippen LogP contribution < -0.4 is 5.32 Å². The van der Waals surface area contributed by atoms with Crippen LogP contribution in [0.5, 0.6) is 0 Å². The van der Waals surface area contributed by atoms with Crippen molar-refractivity contribution >= 4 is 5.69 Å². The van der Waals surface area contributed by atoms with Gasteiger partial charge >= 0.3 is 6.18 Å². The maximum atomic E-state index is 12.5. The molecule has 0 aliphatic rings. The average molecular weight is 272 g/mol. The van der Waals surface area contributed by atoms with Gasteiger partial charge in [0, 0.05) is 12.6 Å². The lowest BCUT2D eigenvalue weighted by Gasteiger charge is -2.21. The number of benzene rings is 1. The molecule has 2 N–H and O–H groups in total. The number of nitrogens with one attached hydrogen (secondary N) is 1. The normalized spacial score (nSPS) is 14.6. The SMILES string of the molecule is CC(CO)C(C)Nc1ccc(C(F)(F)F)cc1C#N. The number of nitrogens with zero attached hydrogens (tertiary/aromatic N) is 1. The molecule has 104 valence electrons. The van der Waals surface area contributed by atoms with Crippen molar-refractivity contribution in [3.05, 3.63) is 29.3 Å². The van der Waals surface area contributed by atoms with Crippen LogP contribution in [0.1, 0.15) is 25.0 Å². The van der Waals surface area contributed by atoms with Gasteiger partial charge in [0.05, 0.1) is 16.8 Å². The minimum atomic E-state index is -4.46. The van der Waals surface area contributed by atoms with Crippen molar-refractivity contribution in [3.63, 3.8) is 0 Å². The predicted octanol–water partition coefficient (Wildman–Crippen LogP) is 3.01. The third-order valence-corrected chi connectivity index (χ3v) is 2.99. The molecule has 0 aliphatic heterocycles. The van der Waals surface area contributed by atoms with Crippen molar-refractivity contribution in [1.82, 2.24) is 0 Å². The number of nitriles is 1. The van der Waals surface area contributed by atoms with Crippen molar-refractivity contribution < 1.29 is 18.3 Å². The first-order valence-electron chi connectivity index (χ1n) is 5.78. The van der Waals surface area contributed by atoms with Crippen LogP contribution in [0.2, 0.25) is 0 Å². The zero-order chi connectivity index (χ0) is 14.6. The zero-order valence-electron chi connectivity index (χ0n) is 10.6.